The van der Waals surface area contributed by atoms with Crippen molar-refractivity contribution >= 4 is 5.91 Å². The first kappa shape index (κ1) is 13.6. The van der Waals surface area contributed by atoms with Gasteiger partial charge in [-0.3, -0.25) is 4.79 Å². The van der Waals surface area contributed by atoms with E-state index in [2.05, 4.69) is 43.1 Å². The summed E-state index contributed by atoms with van der Waals surface area (Å²) in [6.45, 7) is 9.08. The van der Waals surface area contributed by atoms with Crippen LogP contribution in [0.15, 0.2) is 12.1 Å². The number of hydrogen-bond acceptors (Lipinski definition) is 2. The van der Waals surface area contributed by atoms with E-state index in [0.717, 1.165) is 36.3 Å². The van der Waals surface area contributed by atoms with Gasteiger partial charge in [0.1, 0.15) is 0 Å². The summed E-state index contributed by atoms with van der Waals surface area (Å²) in [4.78, 5) is 14.9. The van der Waals surface area contributed by atoms with Gasteiger partial charge in [0.25, 0.3) is 5.91 Å². The third-order valence-electron chi connectivity index (χ3n) is 4.78. The van der Waals surface area contributed by atoms with E-state index in [9.17, 15) is 4.79 Å². The molecule has 0 aromatic heterocycles. The van der Waals surface area contributed by atoms with Gasteiger partial charge in [0.15, 0.2) is 0 Å². The molecule has 0 spiro atoms. The minimum Gasteiger partial charge on any atom is -0.337 e. The van der Waals surface area contributed by atoms with E-state index in [4.69, 9.17) is 0 Å². The standard InChI is InChI=1S/C17H24N2O/c1-11-7-12(2)16(13(3)8-11)17(20)19-9-14-5-4-6-18-15(14)10-19/h7-8,14-15,18H,4-6,9-10H2,1-3H3. The summed E-state index contributed by atoms with van der Waals surface area (Å²) >= 11 is 0. The highest BCUT2D eigenvalue weighted by atomic mass is 16.2. The first-order valence-corrected chi connectivity index (χ1v) is 7.67. The van der Waals surface area contributed by atoms with Crippen molar-refractivity contribution in [3.8, 4) is 0 Å². The highest BCUT2D eigenvalue weighted by Gasteiger charge is 2.37. The van der Waals surface area contributed by atoms with E-state index in [-0.39, 0.29) is 5.91 Å². The number of carbonyl (C=O) groups is 1. The average molecular weight is 272 g/mol. The van der Waals surface area contributed by atoms with Crippen LogP contribution in [0.4, 0.5) is 0 Å². The van der Waals surface area contributed by atoms with Crippen molar-refractivity contribution in [3.05, 3.63) is 34.4 Å². The lowest BCUT2D eigenvalue weighted by Crippen LogP contribution is -2.41. The number of nitrogens with one attached hydrogen (secondary N) is 1. The molecule has 3 heteroatoms. The first-order valence-electron chi connectivity index (χ1n) is 7.67. The van der Waals surface area contributed by atoms with Gasteiger partial charge in [-0.05, 0) is 57.2 Å². The van der Waals surface area contributed by atoms with Crippen LogP contribution in [-0.2, 0) is 0 Å². The maximum atomic E-state index is 12.8. The zero-order chi connectivity index (χ0) is 14.3. The molecule has 0 saturated carbocycles. The first-order chi connectivity index (χ1) is 9.56. The molecule has 0 aliphatic carbocycles. The maximum absolute atomic E-state index is 12.8. The lowest BCUT2D eigenvalue weighted by Gasteiger charge is -2.24. The van der Waals surface area contributed by atoms with Gasteiger partial charge in [0, 0.05) is 24.7 Å². The number of rotatable bonds is 1. The predicted molar refractivity (Wildman–Crippen MR) is 81.1 cm³/mol. The Morgan fingerprint density at radius 1 is 1.20 bits per heavy atom. The fourth-order valence-electron chi connectivity index (χ4n) is 3.89. The van der Waals surface area contributed by atoms with Crippen LogP contribution in [0.3, 0.4) is 0 Å². The van der Waals surface area contributed by atoms with Gasteiger partial charge >= 0.3 is 0 Å². The predicted octanol–water partition coefficient (Wildman–Crippen LogP) is 2.44. The zero-order valence-corrected chi connectivity index (χ0v) is 12.7. The number of benzene rings is 1. The monoisotopic (exact) mass is 272 g/mol. The molecular weight excluding hydrogens is 248 g/mol. The van der Waals surface area contributed by atoms with E-state index in [1.807, 2.05) is 0 Å². The Balaban J connectivity index is 1.83. The van der Waals surface area contributed by atoms with Gasteiger partial charge in [-0.15, -0.1) is 0 Å². The van der Waals surface area contributed by atoms with Crippen LogP contribution in [-0.4, -0.2) is 36.5 Å². The van der Waals surface area contributed by atoms with Gasteiger partial charge in [-0.25, -0.2) is 0 Å². The maximum Gasteiger partial charge on any atom is 0.254 e. The molecule has 2 saturated heterocycles. The minimum absolute atomic E-state index is 0.219. The Hall–Kier alpha value is -1.35. The Kier molecular flexibility index (Phi) is 3.55. The van der Waals surface area contributed by atoms with Crippen molar-refractivity contribution < 1.29 is 4.79 Å². The molecule has 0 bridgehead atoms. The van der Waals surface area contributed by atoms with Gasteiger partial charge in [0.05, 0.1) is 0 Å². The third-order valence-corrected chi connectivity index (χ3v) is 4.78. The lowest BCUT2D eigenvalue weighted by molar-refractivity contribution is 0.0784. The van der Waals surface area contributed by atoms with Crippen LogP contribution in [0.1, 0.15) is 39.9 Å². The van der Waals surface area contributed by atoms with Crippen molar-refractivity contribution in [2.75, 3.05) is 19.6 Å². The molecule has 2 fully saturated rings. The highest BCUT2D eigenvalue weighted by molar-refractivity contribution is 5.97. The Morgan fingerprint density at radius 3 is 2.55 bits per heavy atom. The normalized spacial score (nSPS) is 25.6. The van der Waals surface area contributed by atoms with Crippen LogP contribution in [0.5, 0.6) is 0 Å². The molecule has 2 heterocycles. The SMILES string of the molecule is Cc1cc(C)c(C(=O)N2CC3CCCNC3C2)c(C)c1. The second-order valence-electron chi connectivity index (χ2n) is 6.45. The number of hydrogen-bond donors (Lipinski definition) is 1. The summed E-state index contributed by atoms with van der Waals surface area (Å²) in [5, 5.41) is 3.56. The second kappa shape index (κ2) is 5.21. The van der Waals surface area contributed by atoms with Crippen molar-refractivity contribution in [2.24, 2.45) is 5.92 Å². The zero-order valence-electron chi connectivity index (χ0n) is 12.7. The van der Waals surface area contributed by atoms with Crippen molar-refractivity contribution in [3.63, 3.8) is 0 Å². The Bertz CT molecular complexity index is 501. The molecule has 108 valence electrons. The molecule has 2 aliphatic rings. The van der Waals surface area contributed by atoms with Crippen molar-refractivity contribution in [1.29, 1.82) is 0 Å². The summed E-state index contributed by atoms with van der Waals surface area (Å²) in [5.74, 6) is 0.870. The number of amides is 1. The summed E-state index contributed by atoms with van der Waals surface area (Å²) in [6, 6.07) is 4.74. The fraction of sp³-hybridized carbons (Fsp3) is 0.588. The molecule has 1 amide bonds. The summed E-state index contributed by atoms with van der Waals surface area (Å²) in [7, 11) is 0. The molecule has 1 aromatic carbocycles. The van der Waals surface area contributed by atoms with Gasteiger partial charge in [-0.1, -0.05) is 17.7 Å². The van der Waals surface area contributed by atoms with Crippen molar-refractivity contribution in [1.82, 2.24) is 10.2 Å². The van der Waals surface area contributed by atoms with E-state index in [1.165, 1.54) is 18.4 Å². The quantitative estimate of drug-likeness (QED) is 0.851. The van der Waals surface area contributed by atoms with Crippen LogP contribution in [0.2, 0.25) is 0 Å². The van der Waals surface area contributed by atoms with Crippen molar-refractivity contribution in [2.45, 2.75) is 39.7 Å². The highest BCUT2D eigenvalue weighted by Crippen LogP contribution is 2.27. The second-order valence-corrected chi connectivity index (χ2v) is 6.45. The van der Waals surface area contributed by atoms with Gasteiger partial charge in [0.2, 0.25) is 0 Å². The van der Waals surface area contributed by atoms with E-state index in [1.54, 1.807) is 0 Å². The van der Waals surface area contributed by atoms with E-state index < -0.39 is 0 Å². The van der Waals surface area contributed by atoms with E-state index >= 15 is 0 Å². The molecule has 2 unspecified atom stereocenters. The lowest BCUT2D eigenvalue weighted by atomic mass is 9.94. The minimum atomic E-state index is 0.219. The molecule has 3 rings (SSSR count). The Morgan fingerprint density at radius 2 is 1.90 bits per heavy atom. The Labute approximate surface area is 121 Å². The number of likely N-dealkylation sites (tertiary alicyclic amines) is 1. The molecule has 3 nitrogen and oxygen atoms in total. The number of aryl methyl sites for hydroxylation is 3. The van der Waals surface area contributed by atoms with Gasteiger partial charge in [-0.2, -0.15) is 0 Å². The average Bonchev–Trinajstić information content (AvgIpc) is 2.81. The number of fused-ring (bicyclic) bond motifs is 1. The van der Waals surface area contributed by atoms with Crippen LogP contribution < -0.4 is 5.32 Å². The molecule has 1 N–H and O–H groups in total. The number of piperidine rings is 1. The topological polar surface area (TPSA) is 32.3 Å². The third kappa shape index (κ3) is 2.35. The largest absolute Gasteiger partial charge is 0.337 e. The smallest absolute Gasteiger partial charge is 0.254 e. The molecule has 1 aromatic rings. The van der Waals surface area contributed by atoms with Crippen LogP contribution in [0.25, 0.3) is 0 Å². The van der Waals surface area contributed by atoms with E-state index in [0.29, 0.717) is 12.0 Å². The fourth-order valence-corrected chi connectivity index (χ4v) is 3.89. The summed E-state index contributed by atoms with van der Waals surface area (Å²) in [5.41, 5.74) is 4.35. The summed E-state index contributed by atoms with van der Waals surface area (Å²) in [6.07, 6.45) is 2.50. The van der Waals surface area contributed by atoms with Crippen LogP contribution in [0, 0.1) is 26.7 Å². The molecule has 0 radical (unpaired) electrons. The molecule has 2 aliphatic heterocycles. The molecular formula is C17H24N2O. The molecule has 20 heavy (non-hydrogen) atoms. The number of nitrogens with zero attached hydrogens (tertiary/aromatic N) is 1. The summed E-state index contributed by atoms with van der Waals surface area (Å²) < 4.78 is 0. The molecule has 2 atom stereocenters. The van der Waals surface area contributed by atoms with Gasteiger partial charge < -0.3 is 10.2 Å². The van der Waals surface area contributed by atoms with Crippen LogP contribution >= 0.6 is 0 Å². The number of carbonyl (C=O) groups excluding carboxylic acids is 1.